The van der Waals surface area contributed by atoms with Crippen molar-refractivity contribution in [1.29, 1.82) is 0 Å². The van der Waals surface area contributed by atoms with E-state index in [9.17, 15) is 0 Å². The third-order valence-electron chi connectivity index (χ3n) is 2.06. The molecule has 0 spiro atoms. The zero-order valence-corrected chi connectivity index (χ0v) is 9.37. The number of thiazole rings is 1. The van der Waals surface area contributed by atoms with Crippen molar-refractivity contribution in [2.75, 3.05) is 5.32 Å². The Kier molecular flexibility index (Phi) is 2.47. The largest absolute Gasteiger partial charge is 0.359 e. The van der Waals surface area contributed by atoms with E-state index in [4.69, 9.17) is 11.6 Å². The van der Waals surface area contributed by atoms with Crippen LogP contribution in [0.2, 0.25) is 4.34 Å². The minimum Gasteiger partial charge on any atom is -0.359 e. The highest BCUT2D eigenvalue weighted by Gasteiger charge is 2.23. The summed E-state index contributed by atoms with van der Waals surface area (Å²) in [6.45, 7) is 4.23. The van der Waals surface area contributed by atoms with Gasteiger partial charge in [0.15, 0.2) is 5.13 Å². The Labute approximate surface area is 87.3 Å². The number of aromatic nitrogens is 1. The van der Waals surface area contributed by atoms with Gasteiger partial charge in [-0.3, -0.25) is 0 Å². The van der Waals surface area contributed by atoms with Crippen LogP contribution in [0, 0.1) is 0 Å². The van der Waals surface area contributed by atoms with Gasteiger partial charge in [0.05, 0.1) is 5.69 Å². The van der Waals surface area contributed by atoms with Gasteiger partial charge in [-0.25, -0.2) is 4.98 Å². The second-order valence-electron chi connectivity index (χ2n) is 3.75. The molecule has 1 aromatic rings. The highest BCUT2D eigenvalue weighted by molar-refractivity contribution is 7.19. The van der Waals surface area contributed by atoms with Crippen molar-refractivity contribution in [3.8, 4) is 0 Å². The summed E-state index contributed by atoms with van der Waals surface area (Å²) < 4.78 is 0.832. The molecule has 1 aliphatic carbocycles. The predicted octanol–water partition coefficient (Wildman–Crippen LogP) is 3.49. The molecule has 0 aliphatic heterocycles. The highest BCUT2D eigenvalue weighted by atomic mass is 35.5. The van der Waals surface area contributed by atoms with E-state index in [-0.39, 0.29) is 0 Å². The molecule has 0 aromatic carbocycles. The van der Waals surface area contributed by atoms with E-state index in [1.54, 1.807) is 11.3 Å². The molecule has 0 atom stereocenters. The lowest BCUT2D eigenvalue weighted by Crippen LogP contribution is -2.00. The van der Waals surface area contributed by atoms with Crippen molar-refractivity contribution in [2.45, 2.75) is 38.6 Å². The molecule has 0 saturated heterocycles. The predicted molar refractivity (Wildman–Crippen MR) is 57.9 cm³/mol. The average Bonchev–Trinajstić information content (AvgIpc) is 2.75. The zero-order valence-electron chi connectivity index (χ0n) is 7.80. The number of hydrogen-bond acceptors (Lipinski definition) is 3. The first-order chi connectivity index (χ1) is 6.16. The molecular formula is C9H13ClN2S. The Hall–Kier alpha value is -0.280. The molecule has 2 rings (SSSR count). The monoisotopic (exact) mass is 216 g/mol. The molecule has 1 aromatic heterocycles. The maximum atomic E-state index is 6.06. The summed E-state index contributed by atoms with van der Waals surface area (Å²) in [6.07, 6.45) is 2.54. The zero-order chi connectivity index (χ0) is 9.42. The first kappa shape index (κ1) is 9.28. The van der Waals surface area contributed by atoms with Crippen molar-refractivity contribution in [1.82, 2.24) is 4.98 Å². The lowest BCUT2D eigenvalue weighted by molar-refractivity contribution is 0.833. The van der Waals surface area contributed by atoms with Crippen LogP contribution in [0.5, 0.6) is 0 Å². The van der Waals surface area contributed by atoms with Crippen LogP contribution in [-0.4, -0.2) is 11.0 Å². The summed E-state index contributed by atoms with van der Waals surface area (Å²) in [7, 11) is 0. The third-order valence-corrected chi connectivity index (χ3v) is 3.28. The molecular weight excluding hydrogens is 204 g/mol. The van der Waals surface area contributed by atoms with E-state index in [0.29, 0.717) is 12.0 Å². The number of nitrogens with zero attached hydrogens (tertiary/aromatic N) is 1. The van der Waals surface area contributed by atoms with Crippen LogP contribution >= 0.6 is 22.9 Å². The summed E-state index contributed by atoms with van der Waals surface area (Å²) in [5.74, 6) is 0.415. The fourth-order valence-corrected chi connectivity index (χ4v) is 2.54. The van der Waals surface area contributed by atoms with E-state index in [0.717, 1.165) is 15.2 Å². The second kappa shape index (κ2) is 3.46. The molecule has 1 aliphatic rings. The highest BCUT2D eigenvalue weighted by Crippen LogP contribution is 2.35. The maximum absolute atomic E-state index is 6.06. The Morgan fingerprint density at radius 1 is 1.54 bits per heavy atom. The normalized spacial score (nSPS) is 16.6. The molecule has 0 bridgehead atoms. The second-order valence-corrected chi connectivity index (χ2v) is 5.35. The van der Waals surface area contributed by atoms with Gasteiger partial charge in [-0.1, -0.05) is 36.8 Å². The molecule has 72 valence electrons. The van der Waals surface area contributed by atoms with E-state index >= 15 is 0 Å². The summed E-state index contributed by atoms with van der Waals surface area (Å²) in [5, 5.41) is 4.34. The molecule has 0 radical (unpaired) electrons. The van der Waals surface area contributed by atoms with Gasteiger partial charge in [-0.05, 0) is 18.8 Å². The quantitative estimate of drug-likeness (QED) is 0.837. The number of anilines is 1. The lowest BCUT2D eigenvalue weighted by Gasteiger charge is -1.99. The van der Waals surface area contributed by atoms with Crippen LogP contribution < -0.4 is 5.32 Å². The van der Waals surface area contributed by atoms with E-state index in [1.807, 2.05) is 0 Å². The van der Waals surface area contributed by atoms with E-state index < -0.39 is 0 Å². The summed E-state index contributed by atoms with van der Waals surface area (Å²) >= 11 is 7.61. The lowest BCUT2D eigenvalue weighted by atomic mass is 10.2. The van der Waals surface area contributed by atoms with Crippen molar-refractivity contribution in [3.63, 3.8) is 0 Å². The summed E-state index contributed by atoms with van der Waals surface area (Å²) in [4.78, 5) is 4.46. The van der Waals surface area contributed by atoms with Gasteiger partial charge in [0.25, 0.3) is 0 Å². The number of nitrogens with one attached hydrogen (secondary N) is 1. The Bertz CT molecular complexity index is 305. The van der Waals surface area contributed by atoms with Crippen LogP contribution in [0.15, 0.2) is 0 Å². The smallest absolute Gasteiger partial charge is 0.184 e. The van der Waals surface area contributed by atoms with Crippen molar-refractivity contribution < 1.29 is 0 Å². The van der Waals surface area contributed by atoms with Gasteiger partial charge < -0.3 is 5.32 Å². The Balaban J connectivity index is 2.13. The van der Waals surface area contributed by atoms with E-state index in [2.05, 4.69) is 24.1 Å². The fraction of sp³-hybridized carbons (Fsp3) is 0.667. The number of halogens is 1. The average molecular weight is 217 g/mol. The Morgan fingerprint density at radius 2 is 2.23 bits per heavy atom. The SMILES string of the molecule is CC(C)c1nc(NC2CC2)sc1Cl. The Morgan fingerprint density at radius 3 is 2.69 bits per heavy atom. The summed E-state index contributed by atoms with van der Waals surface area (Å²) in [5.41, 5.74) is 1.02. The standard InChI is InChI=1S/C9H13ClN2S/c1-5(2)7-8(10)13-9(12-7)11-6-3-4-6/h5-6H,3-4H2,1-2H3,(H,11,12). The maximum Gasteiger partial charge on any atom is 0.184 e. The molecule has 1 N–H and O–H groups in total. The molecule has 0 unspecified atom stereocenters. The summed E-state index contributed by atoms with van der Waals surface area (Å²) in [6, 6.07) is 0.655. The molecule has 4 heteroatoms. The molecule has 1 saturated carbocycles. The van der Waals surface area contributed by atoms with Gasteiger partial charge >= 0.3 is 0 Å². The molecule has 1 fully saturated rings. The van der Waals surface area contributed by atoms with E-state index in [1.165, 1.54) is 12.8 Å². The third kappa shape index (κ3) is 2.15. The molecule has 13 heavy (non-hydrogen) atoms. The molecule has 2 nitrogen and oxygen atoms in total. The van der Waals surface area contributed by atoms with Gasteiger partial charge in [0, 0.05) is 6.04 Å². The van der Waals surface area contributed by atoms with Gasteiger partial charge in [0.2, 0.25) is 0 Å². The number of rotatable bonds is 3. The minimum absolute atomic E-state index is 0.415. The molecule has 0 amide bonds. The molecule has 1 heterocycles. The van der Waals surface area contributed by atoms with Crippen LogP contribution in [0.1, 0.15) is 38.3 Å². The van der Waals surface area contributed by atoms with Crippen LogP contribution in [0.3, 0.4) is 0 Å². The van der Waals surface area contributed by atoms with Gasteiger partial charge in [-0.2, -0.15) is 0 Å². The van der Waals surface area contributed by atoms with Crippen molar-refractivity contribution in [3.05, 3.63) is 10.0 Å². The van der Waals surface area contributed by atoms with Crippen molar-refractivity contribution in [2.24, 2.45) is 0 Å². The van der Waals surface area contributed by atoms with Gasteiger partial charge in [-0.15, -0.1) is 0 Å². The topological polar surface area (TPSA) is 24.9 Å². The first-order valence-electron chi connectivity index (χ1n) is 4.59. The number of hydrogen-bond donors (Lipinski definition) is 1. The van der Waals surface area contributed by atoms with Crippen molar-refractivity contribution >= 4 is 28.1 Å². The minimum atomic E-state index is 0.415. The van der Waals surface area contributed by atoms with Gasteiger partial charge in [0.1, 0.15) is 4.34 Å². The van der Waals surface area contributed by atoms with Crippen LogP contribution in [-0.2, 0) is 0 Å². The first-order valence-corrected chi connectivity index (χ1v) is 5.79. The van der Waals surface area contributed by atoms with Crippen LogP contribution in [0.4, 0.5) is 5.13 Å². The fourth-order valence-electron chi connectivity index (χ4n) is 1.13. The van der Waals surface area contributed by atoms with Crippen LogP contribution in [0.25, 0.3) is 0 Å².